The van der Waals surface area contributed by atoms with Crippen LogP contribution in [0.4, 0.5) is 5.69 Å². The fourth-order valence-electron chi connectivity index (χ4n) is 3.01. The standard InChI is InChI=1S/C22H24N2O4S/c1-14-5-6-15(2)19(11-14)23-22(25)9-10-29(26,27)21-13-18(8-7-16(21)3)20-12-17(4)24-28-20/h5-8,11-13H,9-10H2,1-4H3,(H,23,25). The highest BCUT2D eigenvalue weighted by Crippen LogP contribution is 2.27. The van der Waals surface area contributed by atoms with E-state index >= 15 is 0 Å². The Morgan fingerprint density at radius 3 is 2.41 bits per heavy atom. The van der Waals surface area contributed by atoms with Crippen molar-refractivity contribution in [2.24, 2.45) is 0 Å². The van der Waals surface area contributed by atoms with Crippen LogP contribution < -0.4 is 5.32 Å². The third-order valence-electron chi connectivity index (χ3n) is 4.70. The number of nitrogens with zero attached hydrogens (tertiary/aromatic N) is 1. The number of carbonyl (C=O) groups excluding carboxylic acids is 1. The maximum Gasteiger partial charge on any atom is 0.225 e. The second-order valence-corrected chi connectivity index (χ2v) is 9.33. The summed E-state index contributed by atoms with van der Waals surface area (Å²) in [5.74, 6) is -0.0998. The minimum atomic E-state index is -3.64. The van der Waals surface area contributed by atoms with Crippen molar-refractivity contribution in [1.82, 2.24) is 5.16 Å². The minimum absolute atomic E-state index is 0.124. The van der Waals surface area contributed by atoms with Crippen LogP contribution >= 0.6 is 0 Å². The summed E-state index contributed by atoms with van der Waals surface area (Å²) in [4.78, 5) is 12.5. The first kappa shape index (κ1) is 20.8. The van der Waals surface area contributed by atoms with Gasteiger partial charge in [0.05, 0.1) is 16.3 Å². The Morgan fingerprint density at radius 2 is 1.72 bits per heavy atom. The van der Waals surface area contributed by atoms with E-state index in [1.807, 2.05) is 32.0 Å². The molecule has 0 radical (unpaired) electrons. The molecular formula is C22H24N2O4S. The smallest absolute Gasteiger partial charge is 0.225 e. The van der Waals surface area contributed by atoms with Crippen LogP contribution in [-0.2, 0) is 14.6 Å². The van der Waals surface area contributed by atoms with Gasteiger partial charge in [0.2, 0.25) is 5.91 Å². The minimum Gasteiger partial charge on any atom is -0.356 e. The summed E-state index contributed by atoms with van der Waals surface area (Å²) in [6.45, 7) is 7.36. The Kier molecular flexibility index (Phi) is 5.88. The van der Waals surface area contributed by atoms with Crippen LogP contribution in [-0.4, -0.2) is 25.2 Å². The molecule has 152 valence electrons. The number of amides is 1. The van der Waals surface area contributed by atoms with Gasteiger partial charge in [0.15, 0.2) is 15.6 Å². The molecule has 0 saturated carbocycles. The molecule has 1 heterocycles. The largest absolute Gasteiger partial charge is 0.356 e. The summed E-state index contributed by atoms with van der Waals surface area (Å²) < 4.78 is 31.0. The zero-order valence-corrected chi connectivity index (χ0v) is 17.8. The van der Waals surface area contributed by atoms with E-state index in [1.165, 1.54) is 0 Å². The summed E-state index contributed by atoms with van der Waals surface area (Å²) in [7, 11) is -3.64. The molecule has 1 N–H and O–H groups in total. The van der Waals surface area contributed by atoms with Gasteiger partial charge in [0.1, 0.15) is 0 Å². The number of nitrogens with one attached hydrogen (secondary N) is 1. The second-order valence-electron chi connectivity index (χ2n) is 7.25. The first-order chi connectivity index (χ1) is 13.7. The van der Waals surface area contributed by atoms with Crippen LogP contribution in [0.25, 0.3) is 11.3 Å². The van der Waals surface area contributed by atoms with Gasteiger partial charge in [0.25, 0.3) is 0 Å². The molecule has 0 aliphatic heterocycles. The van der Waals surface area contributed by atoms with E-state index in [9.17, 15) is 13.2 Å². The van der Waals surface area contributed by atoms with Gasteiger partial charge in [-0.25, -0.2) is 8.42 Å². The monoisotopic (exact) mass is 412 g/mol. The summed E-state index contributed by atoms with van der Waals surface area (Å²) in [6.07, 6.45) is -0.124. The number of hydrogen-bond acceptors (Lipinski definition) is 5. The Bertz CT molecular complexity index is 1160. The van der Waals surface area contributed by atoms with Gasteiger partial charge in [-0.3, -0.25) is 4.79 Å². The van der Waals surface area contributed by atoms with E-state index in [2.05, 4.69) is 10.5 Å². The zero-order valence-electron chi connectivity index (χ0n) is 16.9. The van der Waals surface area contributed by atoms with Gasteiger partial charge in [-0.1, -0.05) is 29.4 Å². The number of hydrogen-bond donors (Lipinski definition) is 1. The first-order valence-corrected chi connectivity index (χ1v) is 10.9. The lowest BCUT2D eigenvalue weighted by Gasteiger charge is -2.11. The molecule has 0 aliphatic rings. The molecule has 6 nitrogen and oxygen atoms in total. The molecule has 0 unspecified atom stereocenters. The van der Waals surface area contributed by atoms with Gasteiger partial charge in [-0.15, -0.1) is 0 Å². The van der Waals surface area contributed by atoms with Crippen molar-refractivity contribution in [3.05, 3.63) is 64.8 Å². The van der Waals surface area contributed by atoms with Crippen LogP contribution in [0.2, 0.25) is 0 Å². The molecule has 29 heavy (non-hydrogen) atoms. The van der Waals surface area contributed by atoms with Crippen molar-refractivity contribution in [2.45, 2.75) is 39.0 Å². The van der Waals surface area contributed by atoms with Gasteiger partial charge in [0, 0.05) is 23.7 Å². The van der Waals surface area contributed by atoms with Gasteiger partial charge < -0.3 is 9.84 Å². The molecule has 3 rings (SSSR count). The Morgan fingerprint density at radius 1 is 1.00 bits per heavy atom. The Labute approximate surface area is 170 Å². The van der Waals surface area contributed by atoms with Gasteiger partial charge in [-0.2, -0.15) is 0 Å². The lowest BCUT2D eigenvalue weighted by atomic mass is 10.1. The highest BCUT2D eigenvalue weighted by atomic mass is 32.2. The normalized spacial score (nSPS) is 11.4. The predicted octanol–water partition coefficient (Wildman–Crippen LogP) is 4.38. The topological polar surface area (TPSA) is 89.3 Å². The molecule has 2 aromatic carbocycles. The number of anilines is 1. The molecule has 0 fully saturated rings. The molecule has 3 aromatic rings. The average molecular weight is 413 g/mol. The second kappa shape index (κ2) is 8.21. The van der Waals surface area contributed by atoms with E-state index in [4.69, 9.17) is 4.52 Å². The lowest BCUT2D eigenvalue weighted by Crippen LogP contribution is -2.18. The number of benzene rings is 2. The number of carbonyl (C=O) groups is 1. The van der Waals surface area contributed by atoms with Crippen molar-refractivity contribution in [3.63, 3.8) is 0 Å². The van der Waals surface area contributed by atoms with Gasteiger partial charge >= 0.3 is 0 Å². The maximum absolute atomic E-state index is 12.9. The predicted molar refractivity (Wildman–Crippen MR) is 113 cm³/mol. The van der Waals surface area contributed by atoms with Crippen molar-refractivity contribution in [1.29, 1.82) is 0 Å². The Balaban J connectivity index is 1.75. The third-order valence-corrected chi connectivity index (χ3v) is 6.55. The van der Waals surface area contributed by atoms with Crippen molar-refractivity contribution < 1.29 is 17.7 Å². The molecule has 0 bridgehead atoms. The molecule has 0 saturated heterocycles. The molecule has 7 heteroatoms. The van der Waals surface area contributed by atoms with Gasteiger partial charge in [-0.05, 0) is 56.5 Å². The van der Waals surface area contributed by atoms with Crippen LogP contribution in [0.3, 0.4) is 0 Å². The summed E-state index contributed by atoms with van der Waals surface area (Å²) in [5, 5.41) is 6.65. The van der Waals surface area contributed by atoms with Crippen LogP contribution in [0.5, 0.6) is 0 Å². The fraction of sp³-hybridized carbons (Fsp3) is 0.273. The average Bonchev–Trinajstić information content (AvgIpc) is 3.10. The van der Waals surface area contributed by atoms with E-state index in [1.54, 1.807) is 38.1 Å². The van der Waals surface area contributed by atoms with Crippen molar-refractivity contribution in [2.75, 3.05) is 11.1 Å². The zero-order chi connectivity index (χ0) is 21.2. The number of aromatic nitrogens is 1. The SMILES string of the molecule is Cc1ccc(C)c(NC(=O)CCS(=O)(=O)c2cc(-c3cc(C)no3)ccc2C)c1. The molecule has 1 amide bonds. The number of rotatable bonds is 6. The summed E-state index contributed by atoms with van der Waals surface area (Å²) in [5.41, 5.74) is 4.63. The van der Waals surface area contributed by atoms with Crippen molar-refractivity contribution in [3.8, 4) is 11.3 Å². The van der Waals surface area contributed by atoms with Crippen LogP contribution in [0, 0.1) is 27.7 Å². The lowest BCUT2D eigenvalue weighted by molar-refractivity contribution is -0.115. The quantitative estimate of drug-likeness (QED) is 0.649. The first-order valence-electron chi connectivity index (χ1n) is 9.30. The molecule has 1 aromatic heterocycles. The Hall–Kier alpha value is -2.93. The van der Waals surface area contributed by atoms with E-state index < -0.39 is 9.84 Å². The van der Waals surface area contributed by atoms with Crippen LogP contribution in [0.15, 0.2) is 51.9 Å². The van der Waals surface area contributed by atoms with Crippen molar-refractivity contribution >= 4 is 21.4 Å². The van der Waals surface area contributed by atoms with E-state index in [0.29, 0.717) is 28.3 Å². The molecule has 0 spiro atoms. The highest BCUT2D eigenvalue weighted by Gasteiger charge is 2.20. The third kappa shape index (κ3) is 4.92. The maximum atomic E-state index is 12.9. The number of aryl methyl sites for hydroxylation is 4. The fourth-order valence-corrected chi connectivity index (χ4v) is 4.55. The molecule has 0 atom stereocenters. The van der Waals surface area contributed by atoms with E-state index in [-0.39, 0.29) is 23.0 Å². The number of sulfone groups is 1. The summed E-state index contributed by atoms with van der Waals surface area (Å²) in [6, 6.07) is 12.6. The van der Waals surface area contributed by atoms with E-state index in [0.717, 1.165) is 11.1 Å². The summed E-state index contributed by atoms with van der Waals surface area (Å²) >= 11 is 0. The van der Waals surface area contributed by atoms with Crippen LogP contribution in [0.1, 0.15) is 28.8 Å². The highest BCUT2D eigenvalue weighted by molar-refractivity contribution is 7.91. The molecule has 0 aliphatic carbocycles. The molecular weight excluding hydrogens is 388 g/mol.